The quantitative estimate of drug-likeness (QED) is 0.114. The highest BCUT2D eigenvalue weighted by molar-refractivity contribution is 8.00. The number of β-lactam (4-membered cyclic amide) rings is 1. The molecule has 0 radical (unpaired) electrons. The lowest BCUT2D eigenvalue weighted by molar-refractivity contribution is -0.165. The number of ether oxygens (including phenoxy) is 1. The molecule has 1 fully saturated rings. The molecular formula is C20H23N5O7S2. The number of thioether (sulfide) groups is 1. The molecule has 14 heteroatoms. The Labute approximate surface area is 202 Å². The first-order chi connectivity index (χ1) is 16.0. The molecule has 0 bridgehead atoms. The number of carboxylic acid groups (broad SMARTS) is 1. The number of nitrogen functional groups attached to an aromatic ring is 1. The summed E-state index contributed by atoms with van der Waals surface area (Å²) in [4.78, 5) is 59.3. The van der Waals surface area contributed by atoms with Crippen LogP contribution in [0.1, 0.15) is 26.5 Å². The normalized spacial score (nSPS) is 20.3. The number of carbonyl (C=O) groups is 4. The Morgan fingerprint density at radius 1 is 1.44 bits per heavy atom. The second kappa shape index (κ2) is 9.85. The van der Waals surface area contributed by atoms with Crippen LogP contribution in [0.4, 0.5) is 5.13 Å². The van der Waals surface area contributed by atoms with E-state index in [2.05, 4.69) is 22.0 Å². The molecule has 2 unspecified atom stereocenters. The van der Waals surface area contributed by atoms with E-state index in [0.29, 0.717) is 11.3 Å². The Hall–Kier alpha value is -3.39. The number of thiazole rings is 1. The Balaban J connectivity index is 1.74. The summed E-state index contributed by atoms with van der Waals surface area (Å²) in [6.45, 7) is 8.05. The number of anilines is 1. The zero-order valence-electron chi connectivity index (χ0n) is 18.6. The van der Waals surface area contributed by atoms with Crippen molar-refractivity contribution in [3.63, 3.8) is 0 Å². The molecule has 2 atom stereocenters. The number of amides is 2. The number of aliphatic carboxylic acids is 1. The van der Waals surface area contributed by atoms with Crippen LogP contribution in [0, 0.1) is 5.41 Å². The smallest absolute Gasteiger partial charge is 0.352 e. The molecule has 2 aliphatic rings. The van der Waals surface area contributed by atoms with Gasteiger partial charge in [-0.05, 0) is 26.3 Å². The maximum atomic E-state index is 13.0. The van der Waals surface area contributed by atoms with Crippen molar-refractivity contribution in [3.05, 3.63) is 35.0 Å². The van der Waals surface area contributed by atoms with E-state index < -0.39 is 47.4 Å². The zero-order valence-corrected chi connectivity index (χ0v) is 20.2. The number of nitrogens with zero attached hydrogens (tertiary/aromatic N) is 3. The van der Waals surface area contributed by atoms with Crippen molar-refractivity contribution in [1.29, 1.82) is 0 Å². The number of nitrogens with one attached hydrogen (secondary N) is 1. The average Bonchev–Trinajstić information content (AvgIpc) is 3.20. The van der Waals surface area contributed by atoms with Gasteiger partial charge in [0.05, 0.1) is 5.41 Å². The molecule has 2 amide bonds. The summed E-state index contributed by atoms with van der Waals surface area (Å²) < 4.78 is 4.96. The number of carboxylic acids is 1. The topological polar surface area (TPSA) is 174 Å². The fourth-order valence-corrected chi connectivity index (χ4v) is 4.89. The molecule has 0 aliphatic carbocycles. The average molecular weight is 510 g/mol. The highest BCUT2D eigenvalue weighted by atomic mass is 32.2. The number of aromatic nitrogens is 1. The summed E-state index contributed by atoms with van der Waals surface area (Å²) in [5, 5.41) is 16.8. The largest absolute Gasteiger partial charge is 0.477 e. The monoisotopic (exact) mass is 509 g/mol. The predicted molar refractivity (Wildman–Crippen MR) is 124 cm³/mol. The van der Waals surface area contributed by atoms with Crippen LogP contribution in [0.25, 0.3) is 0 Å². The number of hydrogen-bond donors (Lipinski definition) is 3. The van der Waals surface area contributed by atoms with Gasteiger partial charge in [0.25, 0.3) is 18.6 Å². The number of carbonyl (C=O) groups excluding carboxylic acids is 3. The molecule has 0 saturated carbocycles. The van der Waals surface area contributed by atoms with Crippen LogP contribution in [-0.4, -0.2) is 68.4 Å². The van der Waals surface area contributed by atoms with Crippen LogP contribution in [0.3, 0.4) is 0 Å². The fourth-order valence-electron chi connectivity index (χ4n) is 3.00. The highest BCUT2D eigenvalue weighted by Crippen LogP contribution is 2.40. The SMILES string of the molecule is C=CC1=C(C(=O)O)N2C(=O)C(NC(=O)C(=NOCOC(=O)C(C)(C)C)c3csc(N)n3)C2SC1. The second-order valence-corrected chi connectivity index (χ2v) is 10.2. The van der Waals surface area contributed by atoms with Crippen molar-refractivity contribution in [2.45, 2.75) is 32.2 Å². The standard InChI is InChI=1S/C20H23N5O7S2/c1-5-9-6-33-16-12(15(27)25(16)13(9)17(28)29)23-14(26)11(10-7-34-19(21)22-10)24-32-8-31-18(30)20(2,3)4/h5,7,12,16H,1,6,8H2,2-4H3,(H2,21,22)(H,23,26)(H,28,29). The van der Waals surface area contributed by atoms with E-state index in [4.69, 9.17) is 15.3 Å². The van der Waals surface area contributed by atoms with Crippen LogP contribution in [0.2, 0.25) is 0 Å². The van der Waals surface area contributed by atoms with Crippen molar-refractivity contribution in [2.75, 3.05) is 18.3 Å². The molecule has 0 spiro atoms. The van der Waals surface area contributed by atoms with Crippen molar-refractivity contribution in [2.24, 2.45) is 10.6 Å². The predicted octanol–water partition coefficient (Wildman–Crippen LogP) is 0.917. The minimum Gasteiger partial charge on any atom is -0.477 e. The van der Waals surface area contributed by atoms with Crippen LogP contribution in [0.15, 0.2) is 34.5 Å². The lowest BCUT2D eigenvalue weighted by Crippen LogP contribution is -2.71. The van der Waals surface area contributed by atoms with E-state index in [0.717, 1.165) is 16.2 Å². The highest BCUT2D eigenvalue weighted by Gasteiger charge is 2.54. The van der Waals surface area contributed by atoms with Crippen LogP contribution in [-0.2, 0) is 28.8 Å². The minimum absolute atomic E-state index is 0.0992. The zero-order chi connectivity index (χ0) is 25.2. The first-order valence-electron chi connectivity index (χ1n) is 9.88. The Kier molecular flexibility index (Phi) is 7.31. The van der Waals surface area contributed by atoms with E-state index in [1.807, 2.05) is 0 Å². The van der Waals surface area contributed by atoms with E-state index in [1.54, 1.807) is 20.8 Å². The third kappa shape index (κ3) is 5.07. The second-order valence-electron chi connectivity index (χ2n) is 8.18. The summed E-state index contributed by atoms with van der Waals surface area (Å²) >= 11 is 2.36. The molecule has 1 aromatic rings. The van der Waals surface area contributed by atoms with E-state index >= 15 is 0 Å². The Morgan fingerprint density at radius 3 is 2.71 bits per heavy atom. The van der Waals surface area contributed by atoms with E-state index in [1.165, 1.54) is 23.2 Å². The number of esters is 1. The molecule has 34 heavy (non-hydrogen) atoms. The third-order valence-corrected chi connectivity index (χ3v) is 6.70. The van der Waals surface area contributed by atoms with Gasteiger partial charge in [0.15, 0.2) is 10.8 Å². The molecule has 182 valence electrons. The van der Waals surface area contributed by atoms with Gasteiger partial charge >= 0.3 is 11.9 Å². The summed E-state index contributed by atoms with van der Waals surface area (Å²) in [6.07, 6.45) is 1.40. The number of rotatable bonds is 8. The van der Waals surface area contributed by atoms with Crippen LogP contribution < -0.4 is 11.1 Å². The molecule has 2 aliphatic heterocycles. The lowest BCUT2D eigenvalue weighted by atomic mass is 9.98. The Morgan fingerprint density at radius 2 is 2.15 bits per heavy atom. The van der Waals surface area contributed by atoms with E-state index in [-0.39, 0.29) is 22.2 Å². The van der Waals surface area contributed by atoms with Crippen molar-refractivity contribution < 1.29 is 33.9 Å². The first kappa shape index (κ1) is 25.2. The molecule has 4 N–H and O–H groups in total. The van der Waals surface area contributed by atoms with Crippen molar-refractivity contribution in [3.8, 4) is 0 Å². The molecule has 1 aromatic heterocycles. The number of hydrogen-bond acceptors (Lipinski definition) is 11. The fraction of sp³-hybridized carbons (Fsp3) is 0.400. The molecular weight excluding hydrogens is 486 g/mol. The van der Waals surface area contributed by atoms with Gasteiger partial charge < -0.3 is 25.7 Å². The van der Waals surface area contributed by atoms with Crippen LogP contribution in [0.5, 0.6) is 0 Å². The maximum absolute atomic E-state index is 13.0. The first-order valence-corrected chi connectivity index (χ1v) is 11.8. The van der Waals surface area contributed by atoms with Gasteiger partial charge in [0, 0.05) is 11.1 Å². The van der Waals surface area contributed by atoms with Crippen molar-refractivity contribution >= 4 is 57.7 Å². The lowest BCUT2D eigenvalue weighted by Gasteiger charge is -2.49. The maximum Gasteiger partial charge on any atom is 0.352 e. The summed E-state index contributed by atoms with van der Waals surface area (Å²) in [7, 11) is 0. The Bertz CT molecular complexity index is 1110. The van der Waals surface area contributed by atoms with Crippen molar-refractivity contribution in [1.82, 2.24) is 15.2 Å². The number of nitrogens with two attached hydrogens (primary N) is 1. The van der Waals surface area contributed by atoms with Gasteiger partial charge in [0.1, 0.15) is 22.8 Å². The number of allylic oxidation sites excluding steroid dienone is 1. The van der Waals surface area contributed by atoms with E-state index in [9.17, 15) is 24.3 Å². The molecule has 1 saturated heterocycles. The summed E-state index contributed by atoms with van der Waals surface area (Å²) in [6, 6.07) is -0.988. The number of oxime groups is 1. The molecule has 0 aromatic carbocycles. The third-order valence-electron chi connectivity index (χ3n) is 4.72. The minimum atomic E-state index is -1.25. The summed E-state index contributed by atoms with van der Waals surface area (Å²) in [5.74, 6) is -2.84. The summed E-state index contributed by atoms with van der Waals surface area (Å²) in [5.41, 5.74) is 4.99. The molecule has 3 rings (SSSR count). The van der Waals surface area contributed by atoms with Crippen LogP contribution >= 0.6 is 23.1 Å². The molecule has 12 nitrogen and oxygen atoms in total. The van der Waals surface area contributed by atoms with Gasteiger partial charge in [-0.15, -0.1) is 23.1 Å². The van der Waals surface area contributed by atoms with Gasteiger partial charge in [-0.1, -0.05) is 17.8 Å². The number of fused-ring (bicyclic) bond motifs is 1. The molecule has 3 heterocycles. The van der Waals surface area contributed by atoms with Gasteiger partial charge in [-0.2, -0.15) is 0 Å². The van der Waals surface area contributed by atoms with Gasteiger partial charge in [-0.25, -0.2) is 9.78 Å². The van der Waals surface area contributed by atoms with Gasteiger partial charge in [0.2, 0.25) is 0 Å². The van der Waals surface area contributed by atoms with Gasteiger partial charge in [-0.3, -0.25) is 19.3 Å².